The van der Waals surface area contributed by atoms with Crippen LogP contribution in [0.5, 0.6) is 5.75 Å². The van der Waals surface area contributed by atoms with Crippen molar-refractivity contribution in [3.05, 3.63) is 45.4 Å². The zero-order valence-electron chi connectivity index (χ0n) is 11.0. The van der Waals surface area contributed by atoms with Gasteiger partial charge in [-0.05, 0) is 31.7 Å². The van der Waals surface area contributed by atoms with Gasteiger partial charge >= 0.3 is 0 Å². The van der Waals surface area contributed by atoms with E-state index in [1.54, 1.807) is 17.5 Å². The number of ether oxygens (including phenoxy) is 1. The van der Waals surface area contributed by atoms with Crippen LogP contribution in [-0.2, 0) is 6.61 Å². The van der Waals surface area contributed by atoms with E-state index in [2.05, 4.69) is 24.1 Å². The fraction of sp³-hybridized carbons (Fsp3) is 0.357. The van der Waals surface area contributed by atoms with Crippen molar-refractivity contribution < 1.29 is 4.74 Å². The van der Waals surface area contributed by atoms with E-state index in [0.717, 1.165) is 27.9 Å². The van der Waals surface area contributed by atoms with Crippen LogP contribution in [0.2, 0.25) is 5.02 Å². The van der Waals surface area contributed by atoms with Crippen LogP contribution in [0.25, 0.3) is 0 Å². The second-order valence-electron chi connectivity index (χ2n) is 4.18. The highest BCUT2D eigenvalue weighted by molar-refractivity contribution is 7.09. The van der Waals surface area contributed by atoms with Gasteiger partial charge in [-0.3, -0.25) is 0 Å². The molecule has 0 fully saturated rings. The Morgan fingerprint density at radius 1 is 1.47 bits per heavy atom. The Labute approximate surface area is 122 Å². The van der Waals surface area contributed by atoms with Gasteiger partial charge in [0.2, 0.25) is 0 Å². The van der Waals surface area contributed by atoms with E-state index < -0.39 is 0 Å². The molecule has 1 N–H and O–H groups in total. The summed E-state index contributed by atoms with van der Waals surface area (Å²) in [5.74, 6) is 0.855. The third-order valence-corrected chi connectivity index (χ3v) is 3.77. The maximum absolute atomic E-state index is 6.07. The molecule has 3 nitrogen and oxygen atoms in total. The fourth-order valence-corrected chi connectivity index (χ4v) is 2.58. The number of aromatic nitrogens is 1. The summed E-state index contributed by atoms with van der Waals surface area (Å²) in [6.45, 7) is 5.58. The first-order chi connectivity index (χ1) is 9.20. The predicted molar refractivity (Wildman–Crippen MR) is 80.0 cm³/mol. The number of rotatable bonds is 6. The highest BCUT2D eigenvalue weighted by atomic mass is 35.5. The lowest BCUT2D eigenvalue weighted by atomic mass is 10.1. The molecule has 1 aromatic heterocycles. The van der Waals surface area contributed by atoms with E-state index in [0.29, 0.717) is 6.61 Å². The van der Waals surface area contributed by atoms with E-state index in [9.17, 15) is 0 Å². The molecule has 1 unspecified atom stereocenters. The molecule has 1 heterocycles. The van der Waals surface area contributed by atoms with Crippen molar-refractivity contribution >= 4 is 22.9 Å². The van der Waals surface area contributed by atoms with Gasteiger partial charge in [-0.15, -0.1) is 11.3 Å². The zero-order chi connectivity index (χ0) is 13.7. The Morgan fingerprint density at radius 3 is 3.00 bits per heavy atom. The minimum atomic E-state index is 0.204. The lowest BCUT2D eigenvalue weighted by molar-refractivity contribution is 0.299. The van der Waals surface area contributed by atoms with Crippen LogP contribution in [0.4, 0.5) is 0 Å². The van der Waals surface area contributed by atoms with Gasteiger partial charge in [0, 0.05) is 28.2 Å². The van der Waals surface area contributed by atoms with Crippen LogP contribution in [0.3, 0.4) is 0 Å². The maximum Gasteiger partial charge on any atom is 0.140 e. The standard InChI is InChI=1S/C14H17ClN2OS/c1-3-16-10(2)12-8-11(15)4-5-13(12)18-9-14-17-6-7-19-14/h4-8,10,16H,3,9H2,1-2H3. The Bertz CT molecular complexity index is 516. The Kier molecular flexibility index (Phi) is 5.19. The molecular formula is C14H17ClN2OS. The second-order valence-corrected chi connectivity index (χ2v) is 5.59. The summed E-state index contributed by atoms with van der Waals surface area (Å²) in [5.41, 5.74) is 1.07. The fourth-order valence-electron chi connectivity index (χ4n) is 1.87. The van der Waals surface area contributed by atoms with Crippen LogP contribution in [0, 0.1) is 0 Å². The molecule has 0 saturated heterocycles. The topological polar surface area (TPSA) is 34.1 Å². The number of thiazole rings is 1. The average Bonchev–Trinajstić information content (AvgIpc) is 2.90. The van der Waals surface area contributed by atoms with Crippen molar-refractivity contribution in [1.29, 1.82) is 0 Å². The Balaban J connectivity index is 2.14. The first-order valence-electron chi connectivity index (χ1n) is 6.24. The van der Waals surface area contributed by atoms with Crippen molar-refractivity contribution in [2.24, 2.45) is 0 Å². The van der Waals surface area contributed by atoms with Gasteiger partial charge in [0.25, 0.3) is 0 Å². The van der Waals surface area contributed by atoms with Crippen LogP contribution < -0.4 is 10.1 Å². The van der Waals surface area contributed by atoms with Gasteiger partial charge in [-0.1, -0.05) is 18.5 Å². The van der Waals surface area contributed by atoms with E-state index in [1.165, 1.54) is 0 Å². The summed E-state index contributed by atoms with van der Waals surface area (Å²) < 4.78 is 5.85. The molecule has 0 spiro atoms. The highest BCUT2D eigenvalue weighted by Gasteiger charge is 2.12. The van der Waals surface area contributed by atoms with Crippen LogP contribution in [-0.4, -0.2) is 11.5 Å². The van der Waals surface area contributed by atoms with Gasteiger partial charge in [0.1, 0.15) is 17.4 Å². The van der Waals surface area contributed by atoms with Gasteiger partial charge in [-0.25, -0.2) is 4.98 Å². The molecule has 0 aliphatic heterocycles. The molecule has 0 saturated carbocycles. The van der Waals surface area contributed by atoms with E-state index in [4.69, 9.17) is 16.3 Å². The molecule has 1 atom stereocenters. The summed E-state index contributed by atoms with van der Waals surface area (Å²) in [4.78, 5) is 4.21. The summed E-state index contributed by atoms with van der Waals surface area (Å²) in [5, 5.41) is 7.01. The lowest BCUT2D eigenvalue weighted by Crippen LogP contribution is -2.18. The number of nitrogens with one attached hydrogen (secondary N) is 1. The summed E-state index contributed by atoms with van der Waals surface area (Å²) in [6.07, 6.45) is 1.79. The number of halogens is 1. The number of hydrogen-bond acceptors (Lipinski definition) is 4. The van der Waals surface area contributed by atoms with E-state index in [-0.39, 0.29) is 6.04 Å². The van der Waals surface area contributed by atoms with Crippen LogP contribution in [0.1, 0.15) is 30.5 Å². The molecule has 102 valence electrons. The zero-order valence-corrected chi connectivity index (χ0v) is 12.6. The Morgan fingerprint density at radius 2 is 2.32 bits per heavy atom. The molecule has 1 aromatic carbocycles. The summed E-state index contributed by atoms with van der Waals surface area (Å²) >= 11 is 7.66. The highest BCUT2D eigenvalue weighted by Crippen LogP contribution is 2.29. The van der Waals surface area contributed by atoms with Crippen LogP contribution in [0.15, 0.2) is 29.8 Å². The van der Waals surface area contributed by atoms with E-state index in [1.807, 2.05) is 23.6 Å². The normalized spacial score (nSPS) is 12.4. The largest absolute Gasteiger partial charge is 0.486 e. The van der Waals surface area contributed by atoms with Crippen molar-refractivity contribution in [2.75, 3.05) is 6.54 Å². The third-order valence-electron chi connectivity index (χ3n) is 2.78. The molecule has 2 aromatic rings. The third kappa shape index (κ3) is 3.93. The average molecular weight is 297 g/mol. The van der Waals surface area contributed by atoms with Gasteiger partial charge < -0.3 is 10.1 Å². The van der Waals surface area contributed by atoms with E-state index >= 15 is 0 Å². The minimum Gasteiger partial charge on any atom is -0.486 e. The SMILES string of the molecule is CCNC(C)c1cc(Cl)ccc1OCc1nccs1. The van der Waals surface area contributed by atoms with Crippen molar-refractivity contribution in [1.82, 2.24) is 10.3 Å². The van der Waals surface area contributed by atoms with Gasteiger partial charge in [0.05, 0.1) is 0 Å². The molecule has 0 aliphatic rings. The molecule has 0 radical (unpaired) electrons. The first kappa shape index (κ1) is 14.3. The maximum atomic E-state index is 6.07. The van der Waals surface area contributed by atoms with Gasteiger partial charge in [-0.2, -0.15) is 0 Å². The lowest BCUT2D eigenvalue weighted by Gasteiger charge is -2.17. The number of hydrogen-bond donors (Lipinski definition) is 1. The van der Waals surface area contributed by atoms with Crippen molar-refractivity contribution in [3.63, 3.8) is 0 Å². The predicted octanol–water partition coefficient (Wildman–Crippen LogP) is 4.05. The Hall–Kier alpha value is -1.10. The van der Waals surface area contributed by atoms with Crippen molar-refractivity contribution in [3.8, 4) is 5.75 Å². The monoisotopic (exact) mass is 296 g/mol. The number of benzene rings is 1. The molecule has 0 bridgehead atoms. The molecule has 0 aliphatic carbocycles. The number of nitrogens with zero attached hydrogens (tertiary/aromatic N) is 1. The molecule has 0 amide bonds. The molecular weight excluding hydrogens is 280 g/mol. The van der Waals surface area contributed by atoms with Crippen molar-refractivity contribution in [2.45, 2.75) is 26.5 Å². The quantitative estimate of drug-likeness (QED) is 0.873. The molecule has 5 heteroatoms. The summed E-state index contributed by atoms with van der Waals surface area (Å²) in [7, 11) is 0. The second kappa shape index (κ2) is 6.89. The molecule has 19 heavy (non-hydrogen) atoms. The van der Waals surface area contributed by atoms with Crippen LogP contribution >= 0.6 is 22.9 Å². The van der Waals surface area contributed by atoms with Gasteiger partial charge in [0.15, 0.2) is 0 Å². The summed E-state index contributed by atoms with van der Waals surface area (Å²) in [6, 6.07) is 5.92. The first-order valence-corrected chi connectivity index (χ1v) is 7.50. The smallest absolute Gasteiger partial charge is 0.140 e. The molecule has 2 rings (SSSR count). The minimum absolute atomic E-state index is 0.204.